The number of aromatic nitrogens is 1. The maximum Gasteiger partial charge on any atom is 0.230 e. The summed E-state index contributed by atoms with van der Waals surface area (Å²) in [5.74, 6) is -0.239. The summed E-state index contributed by atoms with van der Waals surface area (Å²) in [6.07, 6.45) is 0.0940. The van der Waals surface area contributed by atoms with Gasteiger partial charge in [-0.15, -0.1) is 0 Å². The molecule has 102 valence electrons. The normalized spacial score (nSPS) is 10.2. The third-order valence-corrected chi connectivity index (χ3v) is 3.10. The SMILES string of the molecule is N#Cc1ccccc1NC(=O)Cc1noc2ccccc12. The number of hydrogen-bond acceptors (Lipinski definition) is 4. The van der Waals surface area contributed by atoms with Crippen LogP contribution in [0.3, 0.4) is 0 Å². The number of benzene rings is 2. The number of hydrogen-bond donors (Lipinski definition) is 1. The van der Waals surface area contributed by atoms with Crippen molar-refractivity contribution in [3.63, 3.8) is 0 Å². The quantitative estimate of drug-likeness (QED) is 0.798. The number of nitriles is 1. The van der Waals surface area contributed by atoms with Crippen LogP contribution in [0.5, 0.6) is 0 Å². The summed E-state index contributed by atoms with van der Waals surface area (Å²) < 4.78 is 5.16. The van der Waals surface area contributed by atoms with Crippen molar-refractivity contribution >= 4 is 22.6 Å². The number of amides is 1. The molecule has 1 amide bonds. The van der Waals surface area contributed by atoms with Crippen LogP contribution in [-0.4, -0.2) is 11.1 Å². The zero-order valence-corrected chi connectivity index (χ0v) is 11.0. The number of nitrogens with one attached hydrogen (secondary N) is 1. The lowest BCUT2D eigenvalue weighted by molar-refractivity contribution is -0.115. The van der Waals surface area contributed by atoms with Crippen LogP contribution >= 0.6 is 0 Å². The average molecular weight is 277 g/mol. The maximum atomic E-state index is 12.1. The van der Waals surface area contributed by atoms with Crippen LogP contribution in [-0.2, 0) is 11.2 Å². The number of anilines is 1. The second kappa shape index (κ2) is 5.47. The van der Waals surface area contributed by atoms with Gasteiger partial charge in [0.15, 0.2) is 5.58 Å². The van der Waals surface area contributed by atoms with Crippen molar-refractivity contribution in [3.05, 3.63) is 59.8 Å². The molecule has 0 fully saturated rings. The molecule has 1 N–H and O–H groups in total. The number of para-hydroxylation sites is 2. The summed E-state index contributed by atoms with van der Waals surface area (Å²) in [5.41, 5.74) is 2.16. The Bertz CT molecular complexity index is 846. The first-order chi connectivity index (χ1) is 10.3. The minimum absolute atomic E-state index is 0.0940. The van der Waals surface area contributed by atoms with Crippen molar-refractivity contribution in [1.82, 2.24) is 5.16 Å². The number of nitrogens with zero attached hydrogens (tertiary/aromatic N) is 2. The first-order valence-corrected chi connectivity index (χ1v) is 6.40. The molecule has 5 heteroatoms. The zero-order valence-electron chi connectivity index (χ0n) is 11.0. The monoisotopic (exact) mass is 277 g/mol. The fourth-order valence-corrected chi connectivity index (χ4v) is 2.10. The maximum absolute atomic E-state index is 12.1. The summed E-state index contributed by atoms with van der Waals surface area (Å²) in [6, 6.07) is 16.3. The summed E-state index contributed by atoms with van der Waals surface area (Å²) in [6.45, 7) is 0. The van der Waals surface area contributed by atoms with Gasteiger partial charge in [0.2, 0.25) is 5.91 Å². The number of rotatable bonds is 3. The third kappa shape index (κ3) is 2.60. The van der Waals surface area contributed by atoms with E-state index in [4.69, 9.17) is 9.78 Å². The van der Waals surface area contributed by atoms with E-state index in [0.717, 1.165) is 5.39 Å². The molecule has 0 aliphatic heterocycles. The van der Waals surface area contributed by atoms with Gasteiger partial charge in [-0.1, -0.05) is 29.4 Å². The highest BCUT2D eigenvalue weighted by Crippen LogP contribution is 2.19. The molecule has 3 rings (SSSR count). The lowest BCUT2D eigenvalue weighted by atomic mass is 10.1. The van der Waals surface area contributed by atoms with E-state index < -0.39 is 0 Å². The molecule has 0 aliphatic rings. The van der Waals surface area contributed by atoms with Crippen LogP contribution in [0.4, 0.5) is 5.69 Å². The van der Waals surface area contributed by atoms with Crippen molar-refractivity contribution in [2.75, 3.05) is 5.32 Å². The van der Waals surface area contributed by atoms with Gasteiger partial charge in [0, 0.05) is 5.39 Å². The molecule has 21 heavy (non-hydrogen) atoms. The predicted molar refractivity (Wildman–Crippen MR) is 77.5 cm³/mol. The van der Waals surface area contributed by atoms with Gasteiger partial charge in [0.1, 0.15) is 11.8 Å². The minimum Gasteiger partial charge on any atom is -0.356 e. The van der Waals surface area contributed by atoms with E-state index in [9.17, 15) is 4.79 Å². The average Bonchev–Trinajstić information content (AvgIpc) is 2.91. The standard InChI is InChI=1S/C16H11N3O2/c17-10-11-5-1-3-7-13(11)18-16(20)9-14-12-6-2-4-8-15(12)21-19-14/h1-8H,9H2,(H,18,20). The molecule has 0 aliphatic carbocycles. The highest BCUT2D eigenvalue weighted by molar-refractivity contribution is 5.95. The van der Waals surface area contributed by atoms with Crippen LogP contribution in [0.15, 0.2) is 53.1 Å². The Morgan fingerprint density at radius 3 is 2.81 bits per heavy atom. The largest absolute Gasteiger partial charge is 0.356 e. The van der Waals surface area contributed by atoms with Gasteiger partial charge >= 0.3 is 0 Å². The van der Waals surface area contributed by atoms with Crippen LogP contribution in [0.1, 0.15) is 11.3 Å². The smallest absolute Gasteiger partial charge is 0.230 e. The highest BCUT2D eigenvalue weighted by Gasteiger charge is 2.13. The fraction of sp³-hybridized carbons (Fsp3) is 0.0625. The van der Waals surface area contributed by atoms with Crippen LogP contribution in [0, 0.1) is 11.3 Å². The van der Waals surface area contributed by atoms with Gasteiger partial charge in [0.05, 0.1) is 17.7 Å². The summed E-state index contributed by atoms with van der Waals surface area (Å²) in [7, 11) is 0. The van der Waals surface area contributed by atoms with Crippen LogP contribution in [0.2, 0.25) is 0 Å². The number of carbonyl (C=O) groups excluding carboxylic acids is 1. The van der Waals surface area contributed by atoms with Gasteiger partial charge in [-0.05, 0) is 24.3 Å². The summed E-state index contributed by atoms with van der Waals surface area (Å²) in [4.78, 5) is 12.1. The minimum atomic E-state index is -0.239. The second-order valence-electron chi connectivity index (χ2n) is 4.51. The molecule has 0 saturated carbocycles. The molecule has 0 spiro atoms. The van der Waals surface area contributed by atoms with Crippen LogP contribution in [0.25, 0.3) is 11.0 Å². The molecule has 3 aromatic rings. The highest BCUT2D eigenvalue weighted by atomic mass is 16.5. The molecule has 1 aromatic heterocycles. The van der Waals surface area contributed by atoms with Crippen molar-refractivity contribution < 1.29 is 9.32 Å². The van der Waals surface area contributed by atoms with Crippen molar-refractivity contribution in [3.8, 4) is 6.07 Å². The Labute approximate surface area is 120 Å². The van der Waals surface area contributed by atoms with E-state index in [0.29, 0.717) is 22.5 Å². The molecule has 0 atom stereocenters. The summed E-state index contributed by atoms with van der Waals surface area (Å²) >= 11 is 0. The van der Waals surface area contributed by atoms with Crippen molar-refractivity contribution in [1.29, 1.82) is 5.26 Å². The molecule has 2 aromatic carbocycles. The number of fused-ring (bicyclic) bond motifs is 1. The Balaban J connectivity index is 1.79. The lowest BCUT2D eigenvalue weighted by Gasteiger charge is -2.05. The van der Waals surface area contributed by atoms with E-state index in [1.165, 1.54) is 0 Å². The Morgan fingerprint density at radius 1 is 1.19 bits per heavy atom. The van der Waals surface area contributed by atoms with Crippen LogP contribution < -0.4 is 5.32 Å². The van der Waals surface area contributed by atoms with Gasteiger partial charge in [-0.2, -0.15) is 5.26 Å². The molecule has 0 unspecified atom stereocenters. The Hall–Kier alpha value is -3.13. The molecule has 0 radical (unpaired) electrons. The number of carbonyl (C=O) groups is 1. The second-order valence-corrected chi connectivity index (χ2v) is 4.51. The topological polar surface area (TPSA) is 78.9 Å². The Morgan fingerprint density at radius 2 is 1.95 bits per heavy atom. The Kier molecular flexibility index (Phi) is 3.36. The summed E-state index contributed by atoms with van der Waals surface area (Å²) in [5, 5.41) is 16.5. The molecular formula is C16H11N3O2. The first-order valence-electron chi connectivity index (χ1n) is 6.40. The van der Waals surface area contributed by atoms with Gasteiger partial charge in [0.25, 0.3) is 0 Å². The molecule has 1 heterocycles. The third-order valence-electron chi connectivity index (χ3n) is 3.10. The predicted octanol–water partition coefficient (Wildman–Crippen LogP) is 2.88. The molecule has 0 saturated heterocycles. The molecule has 0 bridgehead atoms. The van der Waals surface area contributed by atoms with E-state index >= 15 is 0 Å². The van der Waals surface area contributed by atoms with Gasteiger partial charge < -0.3 is 9.84 Å². The lowest BCUT2D eigenvalue weighted by Crippen LogP contribution is -2.15. The van der Waals surface area contributed by atoms with E-state index in [1.54, 1.807) is 30.3 Å². The van der Waals surface area contributed by atoms with E-state index in [2.05, 4.69) is 10.5 Å². The first kappa shape index (κ1) is 12.9. The van der Waals surface area contributed by atoms with E-state index in [1.807, 2.05) is 24.3 Å². The zero-order chi connectivity index (χ0) is 14.7. The van der Waals surface area contributed by atoms with Gasteiger partial charge in [-0.3, -0.25) is 4.79 Å². The fourth-order valence-electron chi connectivity index (χ4n) is 2.10. The van der Waals surface area contributed by atoms with Gasteiger partial charge in [-0.25, -0.2) is 0 Å². The van der Waals surface area contributed by atoms with Crippen molar-refractivity contribution in [2.24, 2.45) is 0 Å². The molecular weight excluding hydrogens is 266 g/mol. The van der Waals surface area contributed by atoms with E-state index in [-0.39, 0.29) is 12.3 Å². The van der Waals surface area contributed by atoms with Crippen molar-refractivity contribution in [2.45, 2.75) is 6.42 Å². The molecule has 5 nitrogen and oxygen atoms in total.